The van der Waals surface area contributed by atoms with Gasteiger partial charge in [-0.15, -0.1) is 0 Å². The highest BCUT2D eigenvalue weighted by atomic mass is 16.3. The molecular weight excluding hydrogens is 362 g/mol. The Morgan fingerprint density at radius 1 is 1.03 bits per heavy atom. The van der Waals surface area contributed by atoms with Crippen LogP contribution in [0.3, 0.4) is 0 Å². The average Bonchev–Trinajstić information content (AvgIpc) is 3.24. The summed E-state index contributed by atoms with van der Waals surface area (Å²) in [5.41, 5.74) is 3.15. The number of hydrogen-bond donors (Lipinski definition) is 2. The van der Waals surface area contributed by atoms with Crippen LogP contribution in [0, 0.1) is 0 Å². The van der Waals surface area contributed by atoms with Gasteiger partial charge in [-0.1, -0.05) is 48.5 Å². The van der Waals surface area contributed by atoms with Crippen LogP contribution in [-0.2, 0) is 13.1 Å². The van der Waals surface area contributed by atoms with Gasteiger partial charge in [0.15, 0.2) is 5.96 Å². The summed E-state index contributed by atoms with van der Waals surface area (Å²) < 4.78 is 5.57. The van der Waals surface area contributed by atoms with E-state index in [1.54, 1.807) is 13.3 Å². The monoisotopic (exact) mass is 391 g/mol. The second-order valence-corrected chi connectivity index (χ2v) is 6.94. The first-order chi connectivity index (χ1) is 14.2. The van der Waals surface area contributed by atoms with Gasteiger partial charge in [0, 0.05) is 25.7 Å². The highest BCUT2D eigenvalue weighted by Crippen LogP contribution is 2.17. The van der Waals surface area contributed by atoms with Crippen LogP contribution in [0.5, 0.6) is 0 Å². The fourth-order valence-corrected chi connectivity index (χ4v) is 3.03. The minimum atomic E-state index is 0.559. The summed E-state index contributed by atoms with van der Waals surface area (Å²) in [6, 6.07) is 20.4. The van der Waals surface area contributed by atoms with Gasteiger partial charge in [0.25, 0.3) is 0 Å². The summed E-state index contributed by atoms with van der Waals surface area (Å²) in [5.74, 6) is 1.40. The van der Waals surface area contributed by atoms with Crippen molar-refractivity contribution in [1.82, 2.24) is 20.5 Å². The van der Waals surface area contributed by atoms with Crippen molar-refractivity contribution in [2.45, 2.75) is 19.5 Å². The fourth-order valence-electron chi connectivity index (χ4n) is 3.03. The van der Waals surface area contributed by atoms with Crippen LogP contribution in [0.25, 0.3) is 11.5 Å². The van der Waals surface area contributed by atoms with Crippen molar-refractivity contribution in [3.63, 3.8) is 0 Å². The van der Waals surface area contributed by atoms with Crippen LogP contribution in [0.15, 0.2) is 76.3 Å². The molecule has 0 atom stereocenters. The molecule has 6 nitrogen and oxygen atoms in total. The lowest BCUT2D eigenvalue weighted by molar-refractivity contribution is 0.322. The molecule has 152 valence electrons. The lowest BCUT2D eigenvalue weighted by Crippen LogP contribution is -2.38. The lowest BCUT2D eigenvalue weighted by atomic mass is 10.2. The molecule has 0 aliphatic carbocycles. The van der Waals surface area contributed by atoms with Crippen molar-refractivity contribution < 1.29 is 4.42 Å². The molecule has 3 aromatic rings. The van der Waals surface area contributed by atoms with E-state index in [1.807, 2.05) is 36.4 Å². The summed E-state index contributed by atoms with van der Waals surface area (Å²) in [6.07, 6.45) is 2.72. The van der Waals surface area contributed by atoms with Gasteiger partial charge in [-0.3, -0.25) is 4.99 Å². The first kappa shape index (κ1) is 20.6. The van der Waals surface area contributed by atoms with Gasteiger partial charge in [-0.05, 0) is 37.7 Å². The fraction of sp³-hybridized carbons (Fsp3) is 0.304. The van der Waals surface area contributed by atoms with Gasteiger partial charge in [0.2, 0.25) is 5.89 Å². The summed E-state index contributed by atoms with van der Waals surface area (Å²) in [7, 11) is 3.92. The van der Waals surface area contributed by atoms with E-state index in [4.69, 9.17) is 4.42 Å². The third-order valence-corrected chi connectivity index (χ3v) is 4.54. The SMILES string of the molecule is CN=C(NCCCN(C)Cc1ccccc1)NCc1coc(-c2ccccc2)n1. The van der Waals surface area contributed by atoms with Crippen molar-refractivity contribution >= 4 is 5.96 Å². The van der Waals surface area contributed by atoms with Crippen LogP contribution in [-0.4, -0.2) is 43.0 Å². The number of aliphatic imine (C=N–C) groups is 1. The maximum atomic E-state index is 5.57. The highest BCUT2D eigenvalue weighted by Gasteiger charge is 2.07. The predicted octanol–water partition coefficient (Wildman–Crippen LogP) is 3.53. The molecule has 29 heavy (non-hydrogen) atoms. The first-order valence-electron chi connectivity index (χ1n) is 9.91. The van der Waals surface area contributed by atoms with Crippen molar-refractivity contribution in [3.8, 4) is 11.5 Å². The molecule has 3 rings (SSSR count). The Hall–Kier alpha value is -3.12. The number of rotatable bonds is 9. The van der Waals surface area contributed by atoms with E-state index in [-0.39, 0.29) is 0 Å². The van der Waals surface area contributed by atoms with Gasteiger partial charge in [-0.2, -0.15) is 0 Å². The maximum absolute atomic E-state index is 5.57. The second-order valence-electron chi connectivity index (χ2n) is 6.94. The minimum absolute atomic E-state index is 0.559. The topological polar surface area (TPSA) is 65.7 Å². The molecule has 0 saturated carbocycles. The number of nitrogens with zero attached hydrogens (tertiary/aromatic N) is 3. The highest BCUT2D eigenvalue weighted by molar-refractivity contribution is 5.79. The smallest absolute Gasteiger partial charge is 0.226 e. The Labute approximate surface area is 172 Å². The molecule has 0 spiro atoms. The molecule has 1 aromatic heterocycles. The zero-order valence-electron chi connectivity index (χ0n) is 17.1. The lowest BCUT2D eigenvalue weighted by Gasteiger charge is -2.17. The molecule has 2 aromatic carbocycles. The number of oxazole rings is 1. The number of hydrogen-bond acceptors (Lipinski definition) is 4. The molecule has 0 saturated heterocycles. The summed E-state index contributed by atoms with van der Waals surface area (Å²) in [6.45, 7) is 3.39. The Morgan fingerprint density at radius 2 is 1.76 bits per heavy atom. The van der Waals surface area contributed by atoms with Crippen LogP contribution >= 0.6 is 0 Å². The molecule has 1 heterocycles. The second kappa shape index (κ2) is 11.0. The van der Waals surface area contributed by atoms with Crippen LogP contribution < -0.4 is 10.6 Å². The Kier molecular flexibility index (Phi) is 7.83. The third-order valence-electron chi connectivity index (χ3n) is 4.54. The predicted molar refractivity (Wildman–Crippen MR) is 118 cm³/mol. The molecule has 0 fully saturated rings. The zero-order chi connectivity index (χ0) is 20.3. The summed E-state index contributed by atoms with van der Waals surface area (Å²) in [5, 5.41) is 6.63. The van der Waals surface area contributed by atoms with Crippen molar-refractivity contribution in [2.75, 3.05) is 27.2 Å². The number of aromatic nitrogens is 1. The number of benzene rings is 2. The van der Waals surface area contributed by atoms with Crippen LogP contribution in [0.1, 0.15) is 17.7 Å². The molecule has 6 heteroatoms. The molecule has 0 unspecified atom stereocenters. The molecule has 0 amide bonds. The van der Waals surface area contributed by atoms with Crippen molar-refractivity contribution in [2.24, 2.45) is 4.99 Å². The van der Waals surface area contributed by atoms with E-state index < -0.39 is 0 Å². The standard InChI is InChI=1S/C23H29N5O/c1-24-23(25-14-9-15-28(2)17-19-10-5-3-6-11-19)26-16-21-18-29-22(27-21)20-12-7-4-8-13-20/h3-8,10-13,18H,9,14-17H2,1-2H3,(H2,24,25,26). The first-order valence-corrected chi connectivity index (χ1v) is 9.91. The molecule has 0 bridgehead atoms. The van der Waals surface area contributed by atoms with Crippen LogP contribution in [0.2, 0.25) is 0 Å². The van der Waals surface area contributed by atoms with Gasteiger partial charge >= 0.3 is 0 Å². The molecule has 0 radical (unpaired) electrons. The Balaban J connectivity index is 1.36. The Morgan fingerprint density at radius 3 is 2.48 bits per heavy atom. The van der Waals surface area contributed by atoms with E-state index in [1.165, 1.54) is 5.56 Å². The van der Waals surface area contributed by atoms with E-state index in [2.05, 4.69) is 56.8 Å². The maximum Gasteiger partial charge on any atom is 0.226 e. The quantitative estimate of drug-likeness (QED) is 0.332. The van der Waals surface area contributed by atoms with Gasteiger partial charge in [0.1, 0.15) is 6.26 Å². The van der Waals surface area contributed by atoms with Gasteiger partial charge in [0.05, 0.1) is 12.2 Å². The summed E-state index contributed by atoms with van der Waals surface area (Å²) >= 11 is 0. The normalized spacial score (nSPS) is 11.6. The zero-order valence-corrected chi connectivity index (χ0v) is 17.1. The largest absolute Gasteiger partial charge is 0.444 e. The Bertz CT molecular complexity index is 877. The third kappa shape index (κ3) is 6.76. The summed E-state index contributed by atoms with van der Waals surface area (Å²) in [4.78, 5) is 11.1. The van der Waals surface area contributed by atoms with Gasteiger partial charge < -0.3 is 20.0 Å². The average molecular weight is 392 g/mol. The van der Waals surface area contributed by atoms with E-state index in [9.17, 15) is 0 Å². The molecular formula is C23H29N5O. The van der Waals surface area contributed by atoms with E-state index >= 15 is 0 Å². The minimum Gasteiger partial charge on any atom is -0.444 e. The number of guanidine groups is 1. The molecule has 0 aliphatic rings. The van der Waals surface area contributed by atoms with E-state index in [0.29, 0.717) is 12.4 Å². The number of nitrogens with one attached hydrogen (secondary N) is 2. The van der Waals surface area contributed by atoms with Crippen LogP contribution in [0.4, 0.5) is 0 Å². The van der Waals surface area contributed by atoms with Crippen molar-refractivity contribution in [3.05, 3.63) is 78.2 Å². The van der Waals surface area contributed by atoms with Gasteiger partial charge in [-0.25, -0.2) is 4.98 Å². The molecule has 0 aliphatic heterocycles. The van der Waals surface area contributed by atoms with Crippen molar-refractivity contribution in [1.29, 1.82) is 0 Å². The van der Waals surface area contributed by atoms with E-state index in [0.717, 1.165) is 43.3 Å². The molecule has 2 N–H and O–H groups in total.